The second-order valence-corrected chi connectivity index (χ2v) is 5.31. The maximum absolute atomic E-state index is 11.7. The highest BCUT2D eigenvalue weighted by Crippen LogP contribution is 2.25. The summed E-state index contributed by atoms with van der Waals surface area (Å²) in [5.41, 5.74) is 1.17. The number of carbonyl (C=O) groups excluding carboxylic acids is 2. The molecule has 0 aliphatic heterocycles. The lowest BCUT2D eigenvalue weighted by Gasteiger charge is -2.06. The predicted molar refractivity (Wildman–Crippen MR) is 82.4 cm³/mol. The minimum absolute atomic E-state index is 0.0962. The van der Waals surface area contributed by atoms with Crippen LogP contribution in [0, 0.1) is 0 Å². The summed E-state index contributed by atoms with van der Waals surface area (Å²) < 4.78 is 5.86. The molecule has 0 bridgehead atoms. The van der Waals surface area contributed by atoms with Crippen LogP contribution in [-0.4, -0.2) is 30.1 Å². The lowest BCUT2D eigenvalue weighted by atomic mass is 10.3. The molecular weight excluding hydrogens is 290 g/mol. The molecule has 2 amide bonds. The fourth-order valence-electron chi connectivity index (χ4n) is 1.50. The minimum atomic E-state index is -0.469. The van der Waals surface area contributed by atoms with Crippen molar-refractivity contribution in [3.05, 3.63) is 36.4 Å². The first-order valence-electron chi connectivity index (χ1n) is 6.29. The Kier molecular flexibility index (Phi) is 4.89. The van der Waals surface area contributed by atoms with Crippen molar-refractivity contribution < 1.29 is 14.3 Å². The summed E-state index contributed by atoms with van der Waals surface area (Å²) in [4.78, 5) is 27.1. The molecule has 2 rings (SSSR count). The van der Waals surface area contributed by atoms with Gasteiger partial charge in [-0.25, -0.2) is 14.6 Å². The quantitative estimate of drug-likeness (QED) is 0.505. The van der Waals surface area contributed by atoms with Crippen LogP contribution in [0.5, 0.6) is 0 Å². The zero-order valence-corrected chi connectivity index (χ0v) is 12.3. The normalized spacial score (nSPS) is 10.1. The summed E-state index contributed by atoms with van der Waals surface area (Å²) in [7, 11) is 0. The molecule has 0 atom stereocenters. The zero-order valence-electron chi connectivity index (χ0n) is 11.5. The van der Waals surface area contributed by atoms with E-state index in [1.807, 2.05) is 24.3 Å². The second-order valence-electron chi connectivity index (χ2n) is 4.28. The van der Waals surface area contributed by atoms with Crippen molar-refractivity contribution in [3.8, 4) is 0 Å². The monoisotopic (exact) mass is 305 g/mol. The fourth-order valence-corrected chi connectivity index (χ4v) is 2.36. The van der Waals surface area contributed by atoms with E-state index in [0.717, 1.165) is 10.2 Å². The average molecular weight is 305 g/mol. The molecule has 1 aromatic carbocycles. The number of carbonyl (C=O) groups is 2. The summed E-state index contributed by atoms with van der Waals surface area (Å²) in [6, 6.07) is 7.24. The van der Waals surface area contributed by atoms with Crippen LogP contribution in [0.2, 0.25) is 0 Å². The Morgan fingerprint density at radius 1 is 1.38 bits per heavy atom. The van der Waals surface area contributed by atoms with Crippen LogP contribution in [0.25, 0.3) is 10.2 Å². The Balaban J connectivity index is 1.77. The fraction of sp³-hybridized carbons (Fsp3) is 0.214. The third kappa shape index (κ3) is 4.28. The number of thiazole rings is 1. The average Bonchev–Trinajstić information content (AvgIpc) is 2.85. The van der Waals surface area contributed by atoms with Crippen LogP contribution in [0.15, 0.2) is 36.4 Å². The number of urea groups is 1. The number of amides is 2. The molecule has 1 heterocycles. The van der Waals surface area contributed by atoms with E-state index in [1.165, 1.54) is 11.3 Å². The number of benzene rings is 1. The molecule has 21 heavy (non-hydrogen) atoms. The van der Waals surface area contributed by atoms with E-state index in [0.29, 0.717) is 10.7 Å². The molecule has 6 nitrogen and oxygen atoms in total. The van der Waals surface area contributed by atoms with E-state index < -0.39 is 5.97 Å². The molecule has 7 heteroatoms. The van der Waals surface area contributed by atoms with Gasteiger partial charge in [0.25, 0.3) is 0 Å². The van der Waals surface area contributed by atoms with Gasteiger partial charge in [0, 0.05) is 5.57 Å². The van der Waals surface area contributed by atoms with Crippen LogP contribution >= 0.6 is 11.3 Å². The third-order valence-electron chi connectivity index (χ3n) is 2.48. The largest absolute Gasteiger partial charge is 0.460 e. The number of hydrogen-bond donors (Lipinski definition) is 2. The van der Waals surface area contributed by atoms with E-state index in [9.17, 15) is 9.59 Å². The van der Waals surface area contributed by atoms with Crippen LogP contribution < -0.4 is 10.6 Å². The van der Waals surface area contributed by atoms with Gasteiger partial charge in [-0.2, -0.15) is 0 Å². The SMILES string of the molecule is C=C(C)C(=O)OCCNC(=O)Nc1nc2ccccc2s1. The van der Waals surface area contributed by atoms with E-state index in [-0.39, 0.29) is 19.2 Å². The molecule has 110 valence electrons. The summed E-state index contributed by atoms with van der Waals surface area (Å²) in [5.74, 6) is -0.469. The molecule has 0 aliphatic carbocycles. The van der Waals surface area contributed by atoms with Crippen molar-refractivity contribution in [2.75, 3.05) is 18.5 Å². The molecular formula is C14H15N3O3S. The molecule has 0 unspecified atom stereocenters. The summed E-state index contributed by atoms with van der Waals surface area (Å²) in [6.07, 6.45) is 0. The molecule has 2 N–H and O–H groups in total. The van der Waals surface area contributed by atoms with Gasteiger partial charge < -0.3 is 10.1 Å². The Morgan fingerprint density at radius 2 is 2.14 bits per heavy atom. The van der Waals surface area contributed by atoms with Crippen LogP contribution in [-0.2, 0) is 9.53 Å². The van der Waals surface area contributed by atoms with Gasteiger partial charge in [-0.1, -0.05) is 30.0 Å². The van der Waals surface area contributed by atoms with E-state index >= 15 is 0 Å². The van der Waals surface area contributed by atoms with Gasteiger partial charge in [0.15, 0.2) is 5.13 Å². The van der Waals surface area contributed by atoms with Crippen molar-refractivity contribution in [3.63, 3.8) is 0 Å². The number of rotatable bonds is 5. The number of aromatic nitrogens is 1. The van der Waals surface area contributed by atoms with Crippen molar-refractivity contribution in [2.45, 2.75) is 6.92 Å². The van der Waals surface area contributed by atoms with Gasteiger partial charge in [0.1, 0.15) is 6.61 Å². The van der Waals surface area contributed by atoms with E-state index in [2.05, 4.69) is 22.2 Å². The highest BCUT2D eigenvalue weighted by Gasteiger charge is 2.07. The summed E-state index contributed by atoms with van der Waals surface area (Å²) >= 11 is 1.39. The van der Waals surface area contributed by atoms with Crippen molar-refractivity contribution >= 4 is 38.7 Å². The number of esters is 1. The molecule has 0 radical (unpaired) electrons. The number of fused-ring (bicyclic) bond motifs is 1. The molecule has 0 saturated heterocycles. The summed E-state index contributed by atoms with van der Waals surface area (Å²) in [6.45, 7) is 5.34. The lowest BCUT2D eigenvalue weighted by Crippen LogP contribution is -2.32. The summed E-state index contributed by atoms with van der Waals surface area (Å²) in [5, 5.41) is 5.74. The number of nitrogens with one attached hydrogen (secondary N) is 2. The number of nitrogens with zero attached hydrogens (tertiary/aromatic N) is 1. The second kappa shape index (κ2) is 6.85. The number of anilines is 1. The third-order valence-corrected chi connectivity index (χ3v) is 3.44. The van der Waals surface area contributed by atoms with Crippen molar-refractivity contribution in [2.24, 2.45) is 0 Å². The first kappa shape index (κ1) is 15.0. The molecule has 0 fully saturated rings. The topological polar surface area (TPSA) is 80.3 Å². The van der Waals surface area contributed by atoms with Gasteiger partial charge in [-0.05, 0) is 19.1 Å². The molecule has 0 saturated carbocycles. The zero-order chi connectivity index (χ0) is 15.2. The Labute approximate surface area is 125 Å². The molecule has 0 aliphatic rings. The van der Waals surface area contributed by atoms with Crippen LogP contribution in [0.4, 0.5) is 9.93 Å². The Bertz CT molecular complexity index is 648. The van der Waals surface area contributed by atoms with Crippen LogP contribution in [0.3, 0.4) is 0 Å². The van der Waals surface area contributed by atoms with Crippen molar-refractivity contribution in [1.29, 1.82) is 0 Å². The maximum atomic E-state index is 11.7. The molecule has 1 aromatic heterocycles. The maximum Gasteiger partial charge on any atom is 0.333 e. The minimum Gasteiger partial charge on any atom is -0.460 e. The van der Waals surface area contributed by atoms with Gasteiger partial charge in [0.05, 0.1) is 16.8 Å². The first-order chi connectivity index (χ1) is 10.1. The van der Waals surface area contributed by atoms with Crippen molar-refractivity contribution in [1.82, 2.24) is 10.3 Å². The molecule has 0 spiro atoms. The van der Waals surface area contributed by atoms with E-state index in [4.69, 9.17) is 4.74 Å². The first-order valence-corrected chi connectivity index (χ1v) is 7.11. The number of para-hydroxylation sites is 1. The lowest BCUT2D eigenvalue weighted by molar-refractivity contribution is -0.138. The van der Waals surface area contributed by atoms with E-state index in [1.54, 1.807) is 6.92 Å². The Hall–Kier alpha value is -2.41. The standard InChI is InChI=1S/C14H15N3O3S/c1-9(2)12(18)20-8-7-15-13(19)17-14-16-10-5-3-4-6-11(10)21-14/h3-6H,1,7-8H2,2H3,(H2,15,16,17,19). The van der Waals surface area contributed by atoms with Gasteiger partial charge in [-0.15, -0.1) is 0 Å². The van der Waals surface area contributed by atoms with Gasteiger partial charge in [-0.3, -0.25) is 5.32 Å². The highest BCUT2D eigenvalue weighted by molar-refractivity contribution is 7.22. The van der Waals surface area contributed by atoms with Gasteiger partial charge in [0.2, 0.25) is 0 Å². The van der Waals surface area contributed by atoms with Crippen LogP contribution in [0.1, 0.15) is 6.92 Å². The molecule has 2 aromatic rings. The number of ether oxygens (including phenoxy) is 1. The van der Waals surface area contributed by atoms with Gasteiger partial charge >= 0.3 is 12.0 Å². The predicted octanol–water partition coefficient (Wildman–Crippen LogP) is 2.54. The smallest absolute Gasteiger partial charge is 0.333 e. The number of hydrogen-bond acceptors (Lipinski definition) is 5. The highest BCUT2D eigenvalue weighted by atomic mass is 32.1. The Morgan fingerprint density at radius 3 is 2.86 bits per heavy atom.